The Morgan fingerprint density at radius 3 is 2.62 bits per heavy atom. The minimum Gasteiger partial charge on any atom is -0.336 e. The Morgan fingerprint density at radius 1 is 1.15 bits per heavy atom. The van der Waals surface area contributed by atoms with E-state index in [-0.39, 0.29) is 0 Å². The molecule has 0 spiro atoms. The largest absolute Gasteiger partial charge is 0.336 e. The molecule has 2 nitrogen and oxygen atoms in total. The van der Waals surface area contributed by atoms with E-state index < -0.39 is 0 Å². The van der Waals surface area contributed by atoms with Crippen LogP contribution in [0.25, 0.3) is 0 Å². The van der Waals surface area contributed by atoms with Gasteiger partial charge in [0.05, 0.1) is 5.84 Å². The molecule has 2 aliphatic carbocycles. The van der Waals surface area contributed by atoms with Gasteiger partial charge in [0.2, 0.25) is 0 Å². The highest BCUT2D eigenvalue weighted by Crippen LogP contribution is 2.50. The van der Waals surface area contributed by atoms with Crippen molar-refractivity contribution in [1.29, 1.82) is 0 Å². The Hall–Kier alpha value is -0.660. The first-order valence-electron chi connectivity index (χ1n) is 11.4. The summed E-state index contributed by atoms with van der Waals surface area (Å²) in [6.45, 7) is 9.59. The summed E-state index contributed by atoms with van der Waals surface area (Å²) >= 11 is 0. The zero-order valence-electron chi connectivity index (χ0n) is 18.1. The third-order valence-corrected chi connectivity index (χ3v) is 7.13. The summed E-state index contributed by atoms with van der Waals surface area (Å²) in [7, 11) is 3.51. The third-order valence-electron chi connectivity index (χ3n) is 7.13. The van der Waals surface area contributed by atoms with Gasteiger partial charge in [-0.3, -0.25) is 0 Å². The van der Waals surface area contributed by atoms with Crippen LogP contribution < -0.4 is 0 Å². The van der Waals surface area contributed by atoms with Gasteiger partial charge in [0, 0.05) is 18.2 Å². The monoisotopic (exact) mass is 354 g/mol. The molecule has 3 atom stereocenters. The molecule has 0 aromatic carbocycles. The Kier molecular flexibility index (Phi) is 6.62. The molecule has 0 amide bonds. The maximum atomic E-state index is 5.28. The lowest BCUT2D eigenvalue weighted by Crippen LogP contribution is -2.33. The van der Waals surface area contributed by atoms with Gasteiger partial charge < -0.3 is 9.80 Å². The molecule has 4 heteroatoms. The second-order valence-corrected chi connectivity index (χ2v) is 10.3. The fourth-order valence-corrected chi connectivity index (χ4v) is 5.62. The minimum absolute atomic E-state index is 0.366. The summed E-state index contributed by atoms with van der Waals surface area (Å²) in [6, 6.07) is 0.537. The summed E-state index contributed by atoms with van der Waals surface area (Å²) in [5, 5.41) is 0.366. The predicted octanol–water partition coefficient (Wildman–Crippen LogP) is 5.27. The van der Waals surface area contributed by atoms with E-state index in [0.29, 0.717) is 11.4 Å². The van der Waals surface area contributed by atoms with Crippen molar-refractivity contribution in [3.05, 3.63) is 11.3 Å². The number of hydrogen-bond donors (Lipinski definition) is 0. The van der Waals surface area contributed by atoms with Gasteiger partial charge in [-0.25, -0.2) is 0 Å². The average Bonchev–Trinajstić information content (AvgIpc) is 2.98. The van der Waals surface area contributed by atoms with Crippen LogP contribution in [0.3, 0.4) is 0 Å². The maximum Gasteiger partial charge on any atom is 0.267 e. The van der Waals surface area contributed by atoms with Crippen LogP contribution in [0.1, 0.15) is 98.3 Å². The first kappa shape index (κ1) is 20.1. The van der Waals surface area contributed by atoms with Crippen molar-refractivity contribution in [3.63, 3.8) is 0 Å². The van der Waals surface area contributed by atoms with Crippen molar-refractivity contribution in [1.82, 2.24) is 4.90 Å². The molecule has 26 heavy (non-hydrogen) atoms. The standard InChI is InChI=1S/C22H40B2N2/c1-16(2)26-20-12-9-13-22(4,23)19(20)15-21(26)25-24-18-11-8-6-5-7-10-17(3)14-18/h16-18,24H,5-15,23H2,1-4H3/b25-21+. The predicted molar refractivity (Wildman–Crippen MR) is 119 cm³/mol. The molecule has 0 saturated heterocycles. The molecule has 3 aliphatic rings. The molecule has 0 radical (unpaired) electrons. The maximum absolute atomic E-state index is 5.28. The van der Waals surface area contributed by atoms with Crippen LogP contribution in [-0.4, -0.2) is 32.0 Å². The lowest BCUT2D eigenvalue weighted by Gasteiger charge is -2.35. The zero-order chi connectivity index (χ0) is 18.7. The number of hydrogen-bond acceptors (Lipinski definition) is 1. The van der Waals surface area contributed by atoms with Crippen LogP contribution in [0.15, 0.2) is 16.2 Å². The summed E-state index contributed by atoms with van der Waals surface area (Å²) in [4.78, 5) is 7.88. The fraction of sp³-hybridized carbons (Fsp3) is 0.864. The van der Waals surface area contributed by atoms with Crippen molar-refractivity contribution in [2.45, 2.75) is 115 Å². The van der Waals surface area contributed by atoms with Crippen LogP contribution in [0.5, 0.6) is 0 Å². The molecule has 144 valence electrons. The second kappa shape index (κ2) is 8.57. The topological polar surface area (TPSA) is 15.6 Å². The van der Waals surface area contributed by atoms with Gasteiger partial charge in [0.25, 0.3) is 7.41 Å². The van der Waals surface area contributed by atoms with E-state index >= 15 is 0 Å². The lowest BCUT2D eigenvalue weighted by atomic mass is 9.59. The van der Waals surface area contributed by atoms with E-state index in [0.717, 1.165) is 25.6 Å². The first-order chi connectivity index (χ1) is 12.4. The Morgan fingerprint density at radius 2 is 1.88 bits per heavy atom. The van der Waals surface area contributed by atoms with Crippen molar-refractivity contribution in [2.75, 3.05) is 0 Å². The number of nitrogens with zero attached hydrogens (tertiary/aromatic N) is 2. The molecule has 1 saturated carbocycles. The summed E-state index contributed by atoms with van der Waals surface area (Å²) < 4.78 is 0. The highest BCUT2D eigenvalue weighted by Gasteiger charge is 2.39. The van der Waals surface area contributed by atoms with E-state index in [1.807, 2.05) is 0 Å². The first-order valence-corrected chi connectivity index (χ1v) is 11.4. The zero-order valence-corrected chi connectivity index (χ0v) is 18.1. The van der Waals surface area contributed by atoms with Crippen molar-refractivity contribution in [3.8, 4) is 0 Å². The van der Waals surface area contributed by atoms with Crippen molar-refractivity contribution < 1.29 is 0 Å². The van der Waals surface area contributed by atoms with Gasteiger partial charge in [-0.15, -0.1) is 0 Å². The average molecular weight is 354 g/mol. The SMILES string of the molecule is BC1(C)CCCC2=C1C/C(=N\BC1CCCCCCC(C)C1)N2C(C)C. The van der Waals surface area contributed by atoms with Crippen LogP contribution in [0, 0.1) is 5.92 Å². The molecule has 1 fully saturated rings. The van der Waals surface area contributed by atoms with Crippen molar-refractivity contribution in [2.24, 2.45) is 10.8 Å². The molecule has 0 aromatic rings. The molecule has 3 rings (SSSR count). The number of amidine groups is 1. The highest BCUT2D eigenvalue weighted by atomic mass is 15.2. The summed E-state index contributed by atoms with van der Waals surface area (Å²) in [5.74, 6) is 3.07. The van der Waals surface area contributed by atoms with E-state index in [9.17, 15) is 0 Å². The Bertz CT molecular complexity index is 550. The Balaban J connectivity index is 1.73. The molecule has 0 bridgehead atoms. The quantitative estimate of drug-likeness (QED) is 0.631. The summed E-state index contributed by atoms with van der Waals surface area (Å²) in [5.41, 5.74) is 3.32. The second-order valence-electron chi connectivity index (χ2n) is 10.3. The van der Waals surface area contributed by atoms with E-state index in [4.69, 9.17) is 4.90 Å². The van der Waals surface area contributed by atoms with Crippen LogP contribution in [-0.2, 0) is 0 Å². The van der Waals surface area contributed by atoms with Gasteiger partial charge in [0.1, 0.15) is 7.85 Å². The summed E-state index contributed by atoms with van der Waals surface area (Å²) in [6.07, 6.45) is 15.0. The van der Waals surface area contributed by atoms with Gasteiger partial charge in [-0.2, -0.15) is 0 Å². The third kappa shape index (κ3) is 4.60. The molecular formula is C22H40B2N2. The van der Waals surface area contributed by atoms with E-state index in [1.54, 1.807) is 11.3 Å². The van der Waals surface area contributed by atoms with E-state index in [2.05, 4.69) is 40.4 Å². The number of rotatable bonds is 3. The normalized spacial score (nSPS) is 35.3. The fourth-order valence-electron chi connectivity index (χ4n) is 5.62. The van der Waals surface area contributed by atoms with Crippen LogP contribution in [0.2, 0.25) is 11.1 Å². The van der Waals surface area contributed by atoms with Gasteiger partial charge in [-0.05, 0) is 49.3 Å². The highest BCUT2D eigenvalue weighted by molar-refractivity contribution is 6.38. The minimum atomic E-state index is 0.366. The molecule has 1 aliphatic heterocycles. The molecule has 3 unspecified atom stereocenters. The smallest absolute Gasteiger partial charge is 0.267 e. The van der Waals surface area contributed by atoms with Gasteiger partial charge in [0.15, 0.2) is 0 Å². The van der Waals surface area contributed by atoms with E-state index in [1.165, 1.54) is 70.0 Å². The lowest BCUT2D eigenvalue weighted by molar-refractivity contribution is 0.395. The van der Waals surface area contributed by atoms with Crippen molar-refractivity contribution >= 4 is 21.1 Å². The molecule has 0 N–H and O–H groups in total. The molecule has 1 heterocycles. The Labute approximate surface area is 164 Å². The molecule has 0 aromatic heterocycles. The molecular weight excluding hydrogens is 314 g/mol. The van der Waals surface area contributed by atoms with Crippen LogP contribution >= 0.6 is 0 Å². The van der Waals surface area contributed by atoms with Gasteiger partial charge in [-0.1, -0.05) is 65.2 Å². The van der Waals surface area contributed by atoms with Crippen LogP contribution in [0.4, 0.5) is 0 Å². The van der Waals surface area contributed by atoms with Gasteiger partial charge >= 0.3 is 0 Å². The number of allylic oxidation sites excluding steroid dienone is 1.